The van der Waals surface area contributed by atoms with Gasteiger partial charge in [-0.1, -0.05) is 6.07 Å². The minimum Gasteiger partial charge on any atom is -0.496 e. The van der Waals surface area contributed by atoms with E-state index in [0.717, 1.165) is 32.7 Å². The van der Waals surface area contributed by atoms with Crippen molar-refractivity contribution in [3.63, 3.8) is 0 Å². The van der Waals surface area contributed by atoms with Crippen LogP contribution in [-0.2, 0) is 0 Å². The van der Waals surface area contributed by atoms with Crippen LogP contribution in [0.4, 0.5) is 0 Å². The van der Waals surface area contributed by atoms with Crippen LogP contribution in [0.15, 0.2) is 34.9 Å². The zero-order valence-electron chi connectivity index (χ0n) is 10.1. The molecule has 0 amide bonds. The number of hydrogen-bond acceptors (Lipinski definition) is 2. The van der Waals surface area contributed by atoms with Crippen LogP contribution in [0.1, 0.15) is 11.1 Å². The second-order valence-electron chi connectivity index (χ2n) is 3.98. The first-order chi connectivity index (χ1) is 8.11. The summed E-state index contributed by atoms with van der Waals surface area (Å²) in [4.78, 5) is 4.48. The number of nitrogens with zero attached hydrogens (tertiary/aromatic N) is 1. The first-order valence-electron chi connectivity index (χ1n) is 5.40. The topological polar surface area (TPSA) is 22.1 Å². The molecule has 0 radical (unpaired) electrons. The van der Waals surface area contributed by atoms with E-state index in [1.54, 1.807) is 7.11 Å². The fourth-order valence-corrected chi connectivity index (χ4v) is 2.19. The van der Waals surface area contributed by atoms with E-state index in [-0.39, 0.29) is 0 Å². The summed E-state index contributed by atoms with van der Waals surface area (Å²) in [5, 5.41) is 0. The molecule has 0 spiro atoms. The fraction of sp³-hybridized carbons (Fsp3) is 0.214. The largest absolute Gasteiger partial charge is 0.496 e. The van der Waals surface area contributed by atoms with E-state index in [1.165, 1.54) is 0 Å². The van der Waals surface area contributed by atoms with Gasteiger partial charge < -0.3 is 4.74 Å². The molecule has 1 aromatic heterocycles. The summed E-state index contributed by atoms with van der Waals surface area (Å²) < 4.78 is 6.16. The molecule has 2 aromatic rings. The van der Waals surface area contributed by atoms with E-state index in [9.17, 15) is 0 Å². The van der Waals surface area contributed by atoms with Gasteiger partial charge in [-0.2, -0.15) is 0 Å². The maximum Gasteiger partial charge on any atom is 0.122 e. The highest BCUT2D eigenvalue weighted by atomic mass is 79.9. The lowest BCUT2D eigenvalue weighted by Gasteiger charge is -2.11. The highest BCUT2D eigenvalue weighted by molar-refractivity contribution is 9.10. The van der Waals surface area contributed by atoms with E-state index < -0.39 is 0 Å². The Hall–Kier alpha value is -1.35. The molecule has 0 saturated heterocycles. The minimum absolute atomic E-state index is 0.850. The van der Waals surface area contributed by atoms with Crippen molar-refractivity contribution in [2.24, 2.45) is 0 Å². The van der Waals surface area contributed by atoms with Gasteiger partial charge in [0.1, 0.15) is 10.4 Å². The summed E-state index contributed by atoms with van der Waals surface area (Å²) in [5.41, 5.74) is 4.40. The van der Waals surface area contributed by atoms with Gasteiger partial charge in [-0.3, -0.25) is 0 Å². The zero-order valence-corrected chi connectivity index (χ0v) is 11.7. The van der Waals surface area contributed by atoms with Crippen LogP contribution in [0.3, 0.4) is 0 Å². The first kappa shape index (κ1) is 12.1. The Kier molecular flexibility index (Phi) is 3.48. The molecule has 0 N–H and O–H groups in total. The normalized spacial score (nSPS) is 10.4. The van der Waals surface area contributed by atoms with Crippen LogP contribution < -0.4 is 4.74 Å². The Bertz CT molecular complexity index is 552. The number of rotatable bonds is 2. The van der Waals surface area contributed by atoms with E-state index in [4.69, 9.17) is 4.74 Å². The maximum atomic E-state index is 5.31. The minimum atomic E-state index is 0.850. The lowest BCUT2D eigenvalue weighted by molar-refractivity contribution is 0.411. The molecular weight excluding hydrogens is 278 g/mol. The lowest BCUT2D eigenvalue weighted by atomic mass is 10.0. The molecule has 2 nitrogen and oxygen atoms in total. The van der Waals surface area contributed by atoms with Gasteiger partial charge in [0.25, 0.3) is 0 Å². The van der Waals surface area contributed by atoms with Gasteiger partial charge in [-0.15, -0.1) is 0 Å². The highest BCUT2D eigenvalue weighted by Crippen LogP contribution is 2.29. The van der Waals surface area contributed by atoms with Gasteiger partial charge in [-0.05, 0) is 65.2 Å². The third kappa shape index (κ3) is 2.50. The Morgan fingerprint density at radius 1 is 1.12 bits per heavy atom. The molecule has 2 rings (SSSR count). The van der Waals surface area contributed by atoms with E-state index in [2.05, 4.69) is 33.9 Å². The van der Waals surface area contributed by atoms with Crippen LogP contribution in [0, 0.1) is 13.8 Å². The smallest absolute Gasteiger partial charge is 0.122 e. The molecule has 1 aromatic carbocycles. The molecule has 0 saturated carbocycles. The number of pyridine rings is 1. The SMILES string of the molecule is COc1cc(C)c(-c2cccc(Br)n2)cc1C. The number of methoxy groups -OCH3 is 1. The van der Waals surface area contributed by atoms with E-state index in [1.807, 2.05) is 31.2 Å². The summed E-state index contributed by atoms with van der Waals surface area (Å²) in [7, 11) is 1.69. The van der Waals surface area contributed by atoms with Crippen molar-refractivity contribution in [3.05, 3.63) is 46.1 Å². The van der Waals surface area contributed by atoms with Gasteiger partial charge >= 0.3 is 0 Å². The Labute approximate surface area is 110 Å². The second kappa shape index (κ2) is 4.88. The molecule has 3 heteroatoms. The van der Waals surface area contributed by atoms with Crippen LogP contribution in [0.5, 0.6) is 5.75 Å². The first-order valence-corrected chi connectivity index (χ1v) is 6.19. The third-order valence-electron chi connectivity index (χ3n) is 2.73. The molecule has 0 aliphatic rings. The summed E-state index contributed by atoms with van der Waals surface area (Å²) in [6.45, 7) is 4.11. The van der Waals surface area contributed by atoms with Crippen molar-refractivity contribution >= 4 is 15.9 Å². The standard InChI is InChI=1S/C14H14BrNO/c1-9-8-13(17-3)10(2)7-11(9)12-5-4-6-14(15)16-12/h4-8H,1-3H3. The molecule has 88 valence electrons. The Balaban J connectivity index is 2.56. The predicted octanol–water partition coefficient (Wildman–Crippen LogP) is 4.14. The van der Waals surface area contributed by atoms with Gasteiger partial charge in [-0.25, -0.2) is 4.98 Å². The van der Waals surface area contributed by atoms with Gasteiger partial charge in [0.05, 0.1) is 12.8 Å². The monoisotopic (exact) mass is 291 g/mol. The van der Waals surface area contributed by atoms with Gasteiger partial charge in [0.2, 0.25) is 0 Å². The molecule has 17 heavy (non-hydrogen) atoms. The molecule has 0 fully saturated rings. The number of halogens is 1. The summed E-state index contributed by atoms with van der Waals surface area (Å²) in [6.07, 6.45) is 0. The lowest BCUT2D eigenvalue weighted by Crippen LogP contribution is -1.93. The predicted molar refractivity (Wildman–Crippen MR) is 73.4 cm³/mol. The molecule has 0 atom stereocenters. The fourth-order valence-electron chi connectivity index (χ4n) is 1.84. The Morgan fingerprint density at radius 2 is 1.88 bits per heavy atom. The molecule has 0 aliphatic carbocycles. The van der Waals surface area contributed by atoms with Crippen molar-refractivity contribution in [2.45, 2.75) is 13.8 Å². The molecule has 0 bridgehead atoms. The molecule has 1 heterocycles. The average Bonchev–Trinajstić information content (AvgIpc) is 2.31. The number of aromatic nitrogens is 1. The summed E-state index contributed by atoms with van der Waals surface area (Å²) >= 11 is 3.39. The highest BCUT2D eigenvalue weighted by Gasteiger charge is 2.08. The molecule has 0 aliphatic heterocycles. The van der Waals surface area contributed by atoms with Gasteiger partial charge in [0.15, 0.2) is 0 Å². The van der Waals surface area contributed by atoms with Crippen LogP contribution in [0.25, 0.3) is 11.3 Å². The quantitative estimate of drug-likeness (QED) is 0.776. The number of hydrogen-bond donors (Lipinski definition) is 0. The maximum absolute atomic E-state index is 5.31. The number of aryl methyl sites for hydroxylation is 2. The average molecular weight is 292 g/mol. The summed E-state index contributed by atoms with van der Waals surface area (Å²) in [6, 6.07) is 10.1. The van der Waals surface area contributed by atoms with Crippen LogP contribution in [0.2, 0.25) is 0 Å². The van der Waals surface area contributed by atoms with Gasteiger partial charge in [0, 0.05) is 5.56 Å². The van der Waals surface area contributed by atoms with Crippen molar-refractivity contribution in [3.8, 4) is 17.0 Å². The van der Waals surface area contributed by atoms with Crippen molar-refractivity contribution < 1.29 is 4.74 Å². The second-order valence-corrected chi connectivity index (χ2v) is 4.79. The third-order valence-corrected chi connectivity index (χ3v) is 3.17. The van der Waals surface area contributed by atoms with E-state index in [0.29, 0.717) is 0 Å². The van der Waals surface area contributed by atoms with Crippen molar-refractivity contribution in [1.29, 1.82) is 0 Å². The number of benzene rings is 1. The van der Waals surface area contributed by atoms with Crippen LogP contribution in [-0.4, -0.2) is 12.1 Å². The van der Waals surface area contributed by atoms with Crippen molar-refractivity contribution in [2.75, 3.05) is 7.11 Å². The zero-order chi connectivity index (χ0) is 12.4. The molecular formula is C14H14BrNO. The molecule has 0 unspecified atom stereocenters. The van der Waals surface area contributed by atoms with E-state index >= 15 is 0 Å². The summed E-state index contributed by atoms with van der Waals surface area (Å²) in [5.74, 6) is 0.918. The number of ether oxygens (including phenoxy) is 1. The van der Waals surface area contributed by atoms with Crippen molar-refractivity contribution in [1.82, 2.24) is 4.98 Å². The Morgan fingerprint density at radius 3 is 2.53 bits per heavy atom. The van der Waals surface area contributed by atoms with Crippen LogP contribution >= 0.6 is 15.9 Å².